The van der Waals surface area contributed by atoms with Gasteiger partial charge in [0.1, 0.15) is 0 Å². The van der Waals surface area contributed by atoms with Crippen LogP contribution in [-0.2, 0) is 17.8 Å². The smallest absolute Gasteiger partial charge is 0.0678 e. The molecule has 0 saturated carbocycles. The molecule has 1 saturated heterocycles. The molecule has 1 aromatic carbocycles. The molecule has 0 amide bonds. The zero-order chi connectivity index (χ0) is 14.4. The van der Waals surface area contributed by atoms with Gasteiger partial charge in [-0.3, -0.25) is 4.90 Å². The third-order valence-electron chi connectivity index (χ3n) is 3.65. The number of ether oxygens (including phenoxy) is 1. The lowest BCUT2D eigenvalue weighted by Crippen LogP contribution is -2.44. The Labute approximate surface area is 123 Å². The summed E-state index contributed by atoms with van der Waals surface area (Å²) in [4.78, 5) is 2.50. The van der Waals surface area contributed by atoms with Gasteiger partial charge in [0.15, 0.2) is 0 Å². The van der Waals surface area contributed by atoms with Crippen LogP contribution in [0.5, 0.6) is 0 Å². The van der Waals surface area contributed by atoms with Gasteiger partial charge in [-0.1, -0.05) is 31.2 Å². The zero-order valence-electron chi connectivity index (χ0n) is 13.1. The Bertz CT molecular complexity index is 398. The highest BCUT2D eigenvalue weighted by atomic mass is 16.5. The van der Waals surface area contributed by atoms with Crippen LogP contribution < -0.4 is 5.32 Å². The minimum absolute atomic E-state index is 0.341. The fraction of sp³-hybridized carbons (Fsp3) is 0.647. The number of morpholine rings is 1. The maximum atomic E-state index is 5.79. The van der Waals surface area contributed by atoms with Gasteiger partial charge >= 0.3 is 0 Å². The predicted octanol–water partition coefficient (Wildman–Crippen LogP) is 2.80. The van der Waals surface area contributed by atoms with Crippen LogP contribution in [0.25, 0.3) is 0 Å². The molecule has 1 aromatic rings. The molecule has 0 aliphatic carbocycles. The van der Waals surface area contributed by atoms with Crippen molar-refractivity contribution in [1.82, 2.24) is 10.2 Å². The van der Waals surface area contributed by atoms with Gasteiger partial charge in [-0.15, -0.1) is 0 Å². The minimum atomic E-state index is 0.341. The number of benzene rings is 1. The standard InChI is InChI=1S/C17H28N2O/c1-4-8-18-10-16-6-5-7-17(9-16)13-19-11-14(2)20-15(3)12-19/h5-7,9,14-15,18H,4,8,10-13H2,1-3H3. The average Bonchev–Trinajstić information content (AvgIpc) is 2.38. The van der Waals surface area contributed by atoms with Gasteiger partial charge < -0.3 is 10.1 Å². The number of nitrogens with zero attached hydrogens (tertiary/aromatic N) is 1. The van der Waals surface area contributed by atoms with Crippen molar-refractivity contribution in [2.75, 3.05) is 19.6 Å². The van der Waals surface area contributed by atoms with Crippen LogP contribution in [0.2, 0.25) is 0 Å². The van der Waals surface area contributed by atoms with Gasteiger partial charge in [0.2, 0.25) is 0 Å². The van der Waals surface area contributed by atoms with Crippen LogP contribution in [-0.4, -0.2) is 36.7 Å². The van der Waals surface area contributed by atoms with Crippen molar-refractivity contribution in [3.63, 3.8) is 0 Å². The van der Waals surface area contributed by atoms with E-state index in [9.17, 15) is 0 Å². The van der Waals surface area contributed by atoms with Gasteiger partial charge in [0.25, 0.3) is 0 Å². The Hall–Kier alpha value is -0.900. The van der Waals surface area contributed by atoms with Crippen LogP contribution in [0.3, 0.4) is 0 Å². The van der Waals surface area contributed by atoms with Crippen LogP contribution in [0.1, 0.15) is 38.3 Å². The van der Waals surface area contributed by atoms with E-state index in [1.54, 1.807) is 0 Å². The fourth-order valence-corrected chi connectivity index (χ4v) is 2.92. The summed E-state index contributed by atoms with van der Waals surface area (Å²) in [6.45, 7) is 11.7. The molecule has 0 spiro atoms. The SMILES string of the molecule is CCCNCc1cccc(CN2CC(C)OC(C)C2)c1. The molecule has 20 heavy (non-hydrogen) atoms. The Morgan fingerprint density at radius 1 is 1.20 bits per heavy atom. The second-order valence-electron chi connectivity index (χ2n) is 5.95. The first kappa shape index (κ1) is 15.5. The Morgan fingerprint density at radius 2 is 1.90 bits per heavy atom. The lowest BCUT2D eigenvalue weighted by atomic mass is 10.1. The largest absolute Gasteiger partial charge is 0.373 e. The van der Waals surface area contributed by atoms with Crippen LogP contribution in [0, 0.1) is 0 Å². The van der Waals surface area contributed by atoms with Gasteiger partial charge in [-0.05, 0) is 37.9 Å². The Kier molecular flexibility index (Phi) is 6.02. The van der Waals surface area contributed by atoms with Crippen molar-refractivity contribution in [3.05, 3.63) is 35.4 Å². The molecule has 1 N–H and O–H groups in total. The molecule has 1 heterocycles. The van der Waals surface area contributed by atoms with Crippen molar-refractivity contribution in [1.29, 1.82) is 0 Å². The highest BCUT2D eigenvalue weighted by Gasteiger charge is 2.21. The Balaban J connectivity index is 1.90. The first-order valence-corrected chi connectivity index (χ1v) is 7.83. The van der Waals surface area contributed by atoms with E-state index in [4.69, 9.17) is 4.74 Å². The molecule has 0 bridgehead atoms. The summed E-state index contributed by atoms with van der Waals surface area (Å²) in [6, 6.07) is 8.93. The maximum Gasteiger partial charge on any atom is 0.0678 e. The normalized spacial score (nSPS) is 23.9. The molecule has 3 nitrogen and oxygen atoms in total. The van der Waals surface area contributed by atoms with E-state index in [0.717, 1.165) is 32.7 Å². The van der Waals surface area contributed by atoms with E-state index in [2.05, 4.69) is 55.3 Å². The summed E-state index contributed by atoms with van der Waals surface area (Å²) in [5.41, 5.74) is 2.78. The molecule has 0 radical (unpaired) electrons. The monoisotopic (exact) mass is 276 g/mol. The average molecular weight is 276 g/mol. The molecule has 3 heteroatoms. The van der Waals surface area contributed by atoms with E-state index >= 15 is 0 Å². The summed E-state index contributed by atoms with van der Waals surface area (Å²) in [5, 5.41) is 3.46. The summed E-state index contributed by atoms with van der Waals surface area (Å²) in [7, 11) is 0. The van der Waals surface area contributed by atoms with Crippen molar-refractivity contribution in [2.45, 2.75) is 52.5 Å². The van der Waals surface area contributed by atoms with Crippen molar-refractivity contribution in [3.8, 4) is 0 Å². The highest BCUT2D eigenvalue weighted by Crippen LogP contribution is 2.15. The fourth-order valence-electron chi connectivity index (χ4n) is 2.92. The molecule has 0 aromatic heterocycles. The molecular weight excluding hydrogens is 248 g/mol. The van der Waals surface area contributed by atoms with E-state index in [1.807, 2.05) is 0 Å². The highest BCUT2D eigenvalue weighted by molar-refractivity contribution is 5.23. The van der Waals surface area contributed by atoms with Crippen molar-refractivity contribution < 1.29 is 4.74 Å². The lowest BCUT2D eigenvalue weighted by Gasteiger charge is -2.35. The number of rotatable bonds is 6. The van der Waals surface area contributed by atoms with Crippen molar-refractivity contribution in [2.24, 2.45) is 0 Å². The predicted molar refractivity (Wildman–Crippen MR) is 83.7 cm³/mol. The number of hydrogen-bond donors (Lipinski definition) is 1. The first-order valence-electron chi connectivity index (χ1n) is 7.83. The van der Waals surface area contributed by atoms with Crippen LogP contribution in [0.4, 0.5) is 0 Å². The molecule has 2 unspecified atom stereocenters. The van der Waals surface area contributed by atoms with Crippen LogP contribution in [0.15, 0.2) is 24.3 Å². The molecule has 1 aliphatic heterocycles. The summed E-state index contributed by atoms with van der Waals surface area (Å²) in [5.74, 6) is 0. The molecule has 1 fully saturated rings. The molecule has 2 atom stereocenters. The molecule has 112 valence electrons. The summed E-state index contributed by atoms with van der Waals surface area (Å²) in [6.07, 6.45) is 1.87. The van der Waals surface area contributed by atoms with Crippen molar-refractivity contribution >= 4 is 0 Å². The Morgan fingerprint density at radius 3 is 2.60 bits per heavy atom. The molecule has 1 aliphatic rings. The zero-order valence-corrected chi connectivity index (χ0v) is 13.1. The quantitative estimate of drug-likeness (QED) is 0.809. The van der Waals surface area contributed by atoms with E-state index in [1.165, 1.54) is 17.5 Å². The first-order chi connectivity index (χ1) is 9.67. The van der Waals surface area contributed by atoms with Gasteiger partial charge in [-0.25, -0.2) is 0 Å². The second-order valence-corrected chi connectivity index (χ2v) is 5.95. The van der Waals surface area contributed by atoms with Gasteiger partial charge in [-0.2, -0.15) is 0 Å². The summed E-state index contributed by atoms with van der Waals surface area (Å²) < 4.78 is 5.79. The van der Waals surface area contributed by atoms with E-state index < -0.39 is 0 Å². The minimum Gasteiger partial charge on any atom is -0.373 e. The number of nitrogens with one attached hydrogen (secondary N) is 1. The van der Waals surface area contributed by atoms with Gasteiger partial charge in [0.05, 0.1) is 12.2 Å². The molecule has 2 rings (SSSR count). The summed E-state index contributed by atoms with van der Waals surface area (Å²) >= 11 is 0. The maximum absolute atomic E-state index is 5.79. The van der Waals surface area contributed by atoms with E-state index in [-0.39, 0.29) is 0 Å². The lowest BCUT2D eigenvalue weighted by molar-refractivity contribution is -0.0704. The van der Waals surface area contributed by atoms with Gasteiger partial charge in [0, 0.05) is 26.2 Å². The third kappa shape index (κ3) is 4.89. The second kappa shape index (κ2) is 7.77. The third-order valence-corrected chi connectivity index (χ3v) is 3.65. The number of hydrogen-bond acceptors (Lipinski definition) is 3. The van der Waals surface area contributed by atoms with E-state index in [0.29, 0.717) is 12.2 Å². The topological polar surface area (TPSA) is 24.5 Å². The molecular formula is C17H28N2O. The van der Waals surface area contributed by atoms with Crippen LogP contribution >= 0.6 is 0 Å².